The third kappa shape index (κ3) is 4.37. The van der Waals surface area contributed by atoms with Crippen molar-refractivity contribution in [2.75, 3.05) is 0 Å². The first-order valence-corrected chi connectivity index (χ1v) is 8.85. The topological polar surface area (TPSA) is 37.6 Å². The molecule has 0 spiro atoms. The van der Waals surface area contributed by atoms with Gasteiger partial charge < -0.3 is 0 Å². The smallest absolute Gasteiger partial charge is 0.0820 e. The Morgan fingerprint density at radius 3 is 1.58 bits per heavy atom. The van der Waals surface area contributed by atoms with Crippen molar-refractivity contribution in [1.29, 1.82) is 0 Å². The van der Waals surface area contributed by atoms with Crippen LogP contribution in [0.3, 0.4) is 0 Å². The van der Waals surface area contributed by atoms with Crippen LogP contribution in [-0.2, 0) is 0 Å². The van der Waals surface area contributed by atoms with Gasteiger partial charge >= 0.3 is 0 Å². The van der Waals surface area contributed by atoms with Gasteiger partial charge in [0.25, 0.3) is 0 Å². The lowest BCUT2D eigenvalue weighted by Gasteiger charge is -2.02. The van der Waals surface area contributed by atoms with E-state index in [-0.39, 0.29) is 0 Å². The number of aliphatic imine (C=N–C) groups is 2. The fourth-order valence-electron chi connectivity index (χ4n) is 2.36. The predicted molar refractivity (Wildman–Crippen MR) is 111 cm³/mol. The Kier molecular flexibility index (Phi) is 5.82. The zero-order valence-corrected chi connectivity index (χ0v) is 16.0. The number of hydrogen-bond acceptors (Lipinski definition) is 3. The standard InChI is InChI=1S/C21H17Cl2N3/c1-14-18(22)8-4-10-20(14)24-12-16-6-3-7-17(26-16)13-25-21-11-5-9-19(23)15(21)2/h3-13H,1-2H3. The zero-order chi connectivity index (χ0) is 18.5. The van der Waals surface area contributed by atoms with Crippen LogP contribution in [0.2, 0.25) is 10.0 Å². The first-order valence-electron chi connectivity index (χ1n) is 8.10. The van der Waals surface area contributed by atoms with Crippen LogP contribution < -0.4 is 0 Å². The lowest BCUT2D eigenvalue weighted by molar-refractivity contribution is 1.27. The van der Waals surface area contributed by atoms with E-state index in [1.54, 1.807) is 12.4 Å². The molecule has 0 fully saturated rings. The van der Waals surface area contributed by atoms with Crippen molar-refractivity contribution in [3.05, 3.63) is 87.2 Å². The molecule has 0 N–H and O–H groups in total. The average molecular weight is 382 g/mol. The van der Waals surface area contributed by atoms with Crippen molar-refractivity contribution < 1.29 is 0 Å². The number of pyridine rings is 1. The molecule has 1 aromatic heterocycles. The summed E-state index contributed by atoms with van der Waals surface area (Å²) >= 11 is 12.3. The van der Waals surface area contributed by atoms with E-state index in [4.69, 9.17) is 23.2 Å². The molecule has 0 aliphatic carbocycles. The van der Waals surface area contributed by atoms with E-state index in [2.05, 4.69) is 15.0 Å². The molecule has 130 valence electrons. The highest BCUT2D eigenvalue weighted by molar-refractivity contribution is 6.32. The van der Waals surface area contributed by atoms with E-state index < -0.39 is 0 Å². The second-order valence-electron chi connectivity index (χ2n) is 5.77. The molecule has 3 aromatic rings. The van der Waals surface area contributed by atoms with Crippen molar-refractivity contribution in [2.24, 2.45) is 9.98 Å². The summed E-state index contributed by atoms with van der Waals surface area (Å²) in [7, 11) is 0. The fraction of sp³-hybridized carbons (Fsp3) is 0.0952. The summed E-state index contributed by atoms with van der Waals surface area (Å²) in [4.78, 5) is 13.5. The van der Waals surface area contributed by atoms with Crippen LogP contribution in [0.4, 0.5) is 11.4 Å². The molecule has 0 unspecified atom stereocenters. The highest BCUT2D eigenvalue weighted by Gasteiger charge is 2.01. The summed E-state index contributed by atoms with van der Waals surface area (Å²) in [5.41, 5.74) is 5.03. The highest BCUT2D eigenvalue weighted by atomic mass is 35.5. The molecule has 0 saturated heterocycles. The van der Waals surface area contributed by atoms with Gasteiger partial charge in [0.1, 0.15) is 0 Å². The van der Waals surface area contributed by atoms with Crippen LogP contribution in [0.5, 0.6) is 0 Å². The minimum absolute atomic E-state index is 0.699. The van der Waals surface area contributed by atoms with Crippen LogP contribution in [0, 0.1) is 13.8 Å². The minimum Gasteiger partial charge on any atom is -0.254 e. The molecular formula is C21H17Cl2N3. The summed E-state index contributed by atoms with van der Waals surface area (Å²) in [6.07, 6.45) is 3.45. The van der Waals surface area contributed by atoms with E-state index in [9.17, 15) is 0 Å². The van der Waals surface area contributed by atoms with Crippen molar-refractivity contribution in [3.8, 4) is 0 Å². The van der Waals surface area contributed by atoms with Gasteiger partial charge in [0.05, 0.1) is 35.2 Å². The van der Waals surface area contributed by atoms with Crippen LogP contribution in [-0.4, -0.2) is 17.4 Å². The van der Waals surface area contributed by atoms with Gasteiger partial charge in [-0.1, -0.05) is 41.4 Å². The Hall–Kier alpha value is -2.49. The third-order valence-electron chi connectivity index (χ3n) is 3.94. The third-order valence-corrected chi connectivity index (χ3v) is 4.76. The molecule has 0 saturated carbocycles. The maximum absolute atomic E-state index is 6.13. The molecule has 0 amide bonds. The van der Waals surface area contributed by atoms with Crippen molar-refractivity contribution >= 4 is 47.0 Å². The molecule has 0 bridgehead atoms. The molecule has 0 aliphatic heterocycles. The number of benzene rings is 2. The average Bonchev–Trinajstić information content (AvgIpc) is 2.64. The second kappa shape index (κ2) is 8.26. The van der Waals surface area contributed by atoms with Crippen molar-refractivity contribution in [2.45, 2.75) is 13.8 Å². The molecule has 3 nitrogen and oxygen atoms in total. The van der Waals surface area contributed by atoms with Crippen LogP contribution >= 0.6 is 23.2 Å². The molecule has 0 atom stereocenters. The lowest BCUT2D eigenvalue weighted by Crippen LogP contribution is -1.93. The van der Waals surface area contributed by atoms with Gasteiger partial charge in [0.15, 0.2) is 0 Å². The molecule has 0 aliphatic rings. The van der Waals surface area contributed by atoms with E-state index in [1.165, 1.54) is 0 Å². The first kappa shape index (κ1) is 18.3. The molecule has 5 heteroatoms. The van der Waals surface area contributed by atoms with Gasteiger partial charge in [-0.25, -0.2) is 4.98 Å². The van der Waals surface area contributed by atoms with Crippen molar-refractivity contribution in [1.82, 2.24) is 4.98 Å². The first-order chi connectivity index (χ1) is 12.5. The molecule has 26 heavy (non-hydrogen) atoms. The van der Waals surface area contributed by atoms with Gasteiger partial charge in [-0.3, -0.25) is 9.98 Å². The number of aromatic nitrogens is 1. The zero-order valence-electron chi connectivity index (χ0n) is 14.4. The largest absolute Gasteiger partial charge is 0.254 e. The maximum atomic E-state index is 6.13. The second-order valence-corrected chi connectivity index (χ2v) is 6.59. The Bertz CT molecular complexity index is 918. The number of halogens is 2. The number of hydrogen-bond donors (Lipinski definition) is 0. The summed E-state index contributed by atoms with van der Waals surface area (Å²) in [6, 6.07) is 17.0. The lowest BCUT2D eigenvalue weighted by atomic mass is 10.2. The normalized spacial score (nSPS) is 11.5. The Morgan fingerprint density at radius 1 is 0.692 bits per heavy atom. The summed E-state index contributed by atoms with van der Waals surface area (Å²) < 4.78 is 0. The van der Waals surface area contributed by atoms with Gasteiger partial charge in [-0.15, -0.1) is 0 Å². The fourth-order valence-corrected chi connectivity index (χ4v) is 2.70. The molecule has 0 radical (unpaired) electrons. The predicted octanol–water partition coefficient (Wildman–Crippen LogP) is 6.51. The highest BCUT2D eigenvalue weighted by Crippen LogP contribution is 2.26. The number of nitrogens with zero attached hydrogens (tertiary/aromatic N) is 3. The minimum atomic E-state index is 0.699. The Morgan fingerprint density at radius 2 is 1.12 bits per heavy atom. The molecular weight excluding hydrogens is 365 g/mol. The SMILES string of the molecule is Cc1c(Cl)cccc1N=Cc1cccc(C=Nc2cccc(Cl)c2C)n1. The maximum Gasteiger partial charge on any atom is 0.0820 e. The van der Waals surface area contributed by atoms with Gasteiger partial charge in [0, 0.05) is 10.0 Å². The molecule has 1 heterocycles. The van der Waals surface area contributed by atoms with Crippen LogP contribution in [0.25, 0.3) is 0 Å². The Labute approximate surface area is 163 Å². The van der Waals surface area contributed by atoms with Crippen LogP contribution in [0.1, 0.15) is 22.5 Å². The monoisotopic (exact) mass is 381 g/mol. The van der Waals surface area contributed by atoms with E-state index >= 15 is 0 Å². The number of rotatable bonds is 4. The van der Waals surface area contributed by atoms with Gasteiger partial charge in [-0.05, 0) is 61.4 Å². The Balaban J connectivity index is 1.82. The van der Waals surface area contributed by atoms with E-state index in [0.29, 0.717) is 10.0 Å². The van der Waals surface area contributed by atoms with Crippen molar-refractivity contribution in [3.63, 3.8) is 0 Å². The summed E-state index contributed by atoms with van der Waals surface area (Å²) in [5.74, 6) is 0. The van der Waals surface area contributed by atoms with E-state index in [1.807, 2.05) is 68.4 Å². The van der Waals surface area contributed by atoms with Gasteiger partial charge in [0.2, 0.25) is 0 Å². The summed E-state index contributed by atoms with van der Waals surface area (Å²) in [6.45, 7) is 3.89. The van der Waals surface area contributed by atoms with Crippen LogP contribution in [0.15, 0.2) is 64.6 Å². The van der Waals surface area contributed by atoms with E-state index in [0.717, 1.165) is 33.9 Å². The molecule has 2 aromatic carbocycles. The van der Waals surface area contributed by atoms with Gasteiger partial charge in [-0.2, -0.15) is 0 Å². The quantitative estimate of drug-likeness (QED) is 0.474. The summed E-state index contributed by atoms with van der Waals surface area (Å²) in [5, 5.41) is 1.40. The molecule has 3 rings (SSSR count).